The van der Waals surface area contributed by atoms with Crippen molar-refractivity contribution in [3.63, 3.8) is 0 Å². The number of carbonyl (C=O) groups excluding carboxylic acids is 2. The van der Waals surface area contributed by atoms with Crippen LogP contribution in [-0.2, 0) is 28.6 Å². The van der Waals surface area contributed by atoms with Gasteiger partial charge in [0, 0.05) is 38.1 Å². The maximum absolute atomic E-state index is 15.3. The second-order valence-electron chi connectivity index (χ2n) is 24.3. The van der Waals surface area contributed by atoms with Crippen molar-refractivity contribution in [1.82, 2.24) is 9.80 Å². The van der Waals surface area contributed by atoms with Gasteiger partial charge in [-0.2, -0.15) is 0 Å². The molecule has 0 aromatic rings. The lowest BCUT2D eigenvalue weighted by Gasteiger charge is -2.73. The van der Waals surface area contributed by atoms with Crippen LogP contribution in [0.1, 0.15) is 152 Å². The van der Waals surface area contributed by atoms with E-state index < -0.39 is 17.3 Å². The Morgan fingerprint density at radius 2 is 1.39 bits per heavy atom. The fraction of sp³-hybridized carbons (Fsp3) is 0.940. The van der Waals surface area contributed by atoms with E-state index in [0.29, 0.717) is 47.3 Å². The van der Waals surface area contributed by atoms with Crippen LogP contribution in [0.2, 0.25) is 0 Å². The Bertz CT molecular complexity index is 1640. The maximum Gasteiger partial charge on any atom is 0.309 e. The number of hydrogen-bond acceptors (Lipinski definition) is 7. The molecule has 0 bridgehead atoms. The third-order valence-electron chi connectivity index (χ3n) is 21.4. The van der Waals surface area contributed by atoms with Gasteiger partial charge in [-0.1, -0.05) is 55.4 Å². The molecule has 9 fully saturated rings. The number of morpholine rings is 1. The summed E-state index contributed by atoms with van der Waals surface area (Å²) in [7, 11) is 0. The number of ether oxygens (including phenoxy) is 3. The van der Waals surface area contributed by atoms with Gasteiger partial charge in [-0.15, -0.1) is 0 Å². The van der Waals surface area contributed by atoms with Crippen LogP contribution in [0.5, 0.6) is 0 Å². The van der Waals surface area contributed by atoms with Gasteiger partial charge in [0.25, 0.3) is 0 Å². The van der Waals surface area contributed by atoms with Gasteiger partial charge in [0.05, 0.1) is 43.2 Å². The first kappa shape index (κ1) is 42.6. The normalized spacial score (nSPS) is 46.1. The van der Waals surface area contributed by atoms with Crippen molar-refractivity contribution in [2.75, 3.05) is 52.5 Å². The number of likely N-dealkylation sites (tertiary alicyclic amines) is 1. The molecule has 7 aliphatic carbocycles. The van der Waals surface area contributed by atoms with Crippen molar-refractivity contribution in [2.24, 2.45) is 79.3 Å². The van der Waals surface area contributed by atoms with Crippen LogP contribution in [0, 0.1) is 79.3 Å². The summed E-state index contributed by atoms with van der Waals surface area (Å²) in [6.45, 7) is 26.2. The molecule has 1 N–H and O–H groups in total. The number of carbonyl (C=O) groups is 3. The lowest BCUT2D eigenvalue weighted by atomic mass is 9.32. The molecule has 0 aromatic carbocycles. The van der Waals surface area contributed by atoms with E-state index in [1.807, 2.05) is 13.8 Å². The number of carboxylic acid groups (broad SMARTS) is 1. The summed E-state index contributed by atoms with van der Waals surface area (Å²) in [5, 5.41) is 9.71. The van der Waals surface area contributed by atoms with E-state index >= 15 is 4.79 Å². The van der Waals surface area contributed by atoms with Crippen molar-refractivity contribution >= 4 is 17.8 Å². The fourth-order valence-corrected chi connectivity index (χ4v) is 17.2. The molecule has 12 unspecified atom stereocenters. The molecular formula is C50H80N2O7. The number of fused-ring (bicyclic) bond motifs is 7. The van der Waals surface area contributed by atoms with E-state index in [-0.39, 0.29) is 51.2 Å². The second kappa shape index (κ2) is 14.7. The highest BCUT2D eigenvalue weighted by Gasteiger charge is 2.74. The monoisotopic (exact) mass is 821 g/mol. The van der Waals surface area contributed by atoms with Gasteiger partial charge >= 0.3 is 11.9 Å². The Morgan fingerprint density at radius 3 is 2.05 bits per heavy atom. The minimum atomic E-state index is -0.807. The summed E-state index contributed by atoms with van der Waals surface area (Å²) in [5.41, 5.74) is 0.00439. The van der Waals surface area contributed by atoms with Crippen molar-refractivity contribution in [2.45, 2.75) is 164 Å². The van der Waals surface area contributed by atoms with Crippen LogP contribution in [0.25, 0.3) is 0 Å². The molecule has 2 saturated heterocycles. The van der Waals surface area contributed by atoms with Crippen molar-refractivity contribution in [1.29, 1.82) is 0 Å². The summed E-state index contributed by atoms with van der Waals surface area (Å²) < 4.78 is 18.4. The molecule has 2 aliphatic heterocycles. The number of nitrogens with zero attached hydrogens (tertiary/aromatic N) is 2. The van der Waals surface area contributed by atoms with Crippen LogP contribution in [0.4, 0.5) is 0 Å². The van der Waals surface area contributed by atoms with Gasteiger partial charge in [-0.05, 0) is 153 Å². The van der Waals surface area contributed by atoms with Gasteiger partial charge < -0.3 is 24.2 Å². The molecule has 9 nitrogen and oxygen atoms in total. The van der Waals surface area contributed by atoms with Crippen molar-refractivity contribution in [3.05, 3.63) is 0 Å². The zero-order chi connectivity index (χ0) is 42.0. The first-order chi connectivity index (χ1) is 27.8. The predicted molar refractivity (Wildman–Crippen MR) is 227 cm³/mol. The van der Waals surface area contributed by atoms with Crippen LogP contribution >= 0.6 is 0 Å². The van der Waals surface area contributed by atoms with E-state index in [4.69, 9.17) is 14.2 Å². The summed E-state index contributed by atoms with van der Waals surface area (Å²) >= 11 is 0. The second-order valence-corrected chi connectivity index (χ2v) is 24.3. The average Bonchev–Trinajstić information content (AvgIpc) is 3.80. The molecule has 9 heteroatoms. The molecule has 332 valence electrons. The number of carboxylic acids is 1. The van der Waals surface area contributed by atoms with Gasteiger partial charge in [0.15, 0.2) is 0 Å². The summed E-state index contributed by atoms with van der Waals surface area (Å²) in [6, 6.07) is 0. The van der Waals surface area contributed by atoms with Crippen LogP contribution < -0.4 is 0 Å². The van der Waals surface area contributed by atoms with E-state index in [2.05, 4.69) is 51.3 Å². The molecule has 0 spiro atoms. The number of amides is 1. The number of aliphatic carboxylic acids is 1. The first-order valence-electron chi connectivity index (χ1n) is 24.5. The average molecular weight is 821 g/mol. The lowest BCUT2D eigenvalue weighted by molar-refractivity contribution is -0.253. The van der Waals surface area contributed by atoms with Gasteiger partial charge in [-0.25, -0.2) is 0 Å². The molecule has 9 aliphatic rings. The maximum atomic E-state index is 15.3. The molecule has 12 atom stereocenters. The molecular weight excluding hydrogens is 741 g/mol. The number of hydrogen-bond donors (Lipinski definition) is 1. The Kier molecular flexibility index (Phi) is 10.6. The quantitative estimate of drug-likeness (QED) is 0.230. The van der Waals surface area contributed by atoms with E-state index in [0.717, 1.165) is 104 Å². The van der Waals surface area contributed by atoms with Crippen LogP contribution in [0.15, 0.2) is 0 Å². The first-order valence-corrected chi connectivity index (χ1v) is 24.5. The SMILES string of the molecule is CC1(C2CCC3(C(=O)N4CCC(OCCN5CCOCC5)CC4)CCC4(C)C(CCC5C6(C)CCC(OC(=O)C7CC(C(=O)O)C7(C)C)C(C)(C)C6CCC54C)C23)CC1. The minimum Gasteiger partial charge on any atom is -0.481 e. The summed E-state index contributed by atoms with van der Waals surface area (Å²) in [5.74, 6) is 1.46. The largest absolute Gasteiger partial charge is 0.481 e. The lowest BCUT2D eigenvalue weighted by Crippen LogP contribution is -2.68. The van der Waals surface area contributed by atoms with E-state index in [1.54, 1.807) is 0 Å². The topological polar surface area (TPSA) is 106 Å². The highest BCUT2D eigenvalue weighted by atomic mass is 16.5. The Balaban J connectivity index is 0.903. The molecule has 9 rings (SSSR count). The molecule has 0 radical (unpaired) electrons. The predicted octanol–water partition coefficient (Wildman–Crippen LogP) is 8.87. The Labute approximate surface area is 356 Å². The van der Waals surface area contributed by atoms with Crippen LogP contribution in [0.3, 0.4) is 0 Å². The van der Waals surface area contributed by atoms with Crippen molar-refractivity contribution < 1.29 is 33.7 Å². The molecule has 7 saturated carbocycles. The summed E-state index contributed by atoms with van der Waals surface area (Å²) in [6.07, 6.45) is 16.4. The van der Waals surface area contributed by atoms with Gasteiger partial charge in [0.1, 0.15) is 6.10 Å². The van der Waals surface area contributed by atoms with Crippen molar-refractivity contribution in [3.8, 4) is 0 Å². The Morgan fingerprint density at radius 1 is 0.678 bits per heavy atom. The zero-order valence-corrected chi connectivity index (χ0v) is 38.3. The summed E-state index contributed by atoms with van der Waals surface area (Å²) in [4.78, 5) is 45.6. The minimum absolute atomic E-state index is 0.143. The molecule has 59 heavy (non-hydrogen) atoms. The van der Waals surface area contributed by atoms with Gasteiger partial charge in [-0.3, -0.25) is 19.3 Å². The molecule has 2 heterocycles. The third kappa shape index (κ3) is 6.46. The Hall–Kier alpha value is -1.71. The number of esters is 1. The smallest absolute Gasteiger partial charge is 0.309 e. The molecule has 0 aromatic heterocycles. The highest BCUT2D eigenvalue weighted by Crippen LogP contribution is 2.79. The van der Waals surface area contributed by atoms with Crippen LogP contribution in [-0.4, -0.2) is 97.5 Å². The number of rotatable bonds is 9. The zero-order valence-electron chi connectivity index (χ0n) is 38.3. The third-order valence-corrected chi connectivity index (χ3v) is 21.4. The number of piperidine rings is 1. The highest BCUT2D eigenvalue weighted by molar-refractivity contribution is 5.84. The molecule has 1 amide bonds. The van der Waals surface area contributed by atoms with Gasteiger partial charge in [0.2, 0.25) is 5.91 Å². The van der Waals surface area contributed by atoms with E-state index in [9.17, 15) is 14.7 Å². The standard InChI is InChI=1S/C50H80N2O7/c1-44(2)35(41(53)54)31-36(44)42(55)59-39-13-16-47(6)37(45(39,3)4)12-17-49(8)38(47)10-9-34-40-33(46(5)19-20-46)11-18-50(40,22-21-48(34,49)7)43(56)52-23-14-32(15-24-52)58-30-27-51-25-28-57-29-26-51/h32-40H,9-31H2,1-8H3,(H,53,54). The van der Waals surface area contributed by atoms with E-state index in [1.165, 1.54) is 38.5 Å². The fourth-order valence-electron chi connectivity index (χ4n) is 17.2.